The Morgan fingerprint density at radius 2 is 2.04 bits per heavy atom. The summed E-state index contributed by atoms with van der Waals surface area (Å²) in [4.78, 5) is 17.2. The zero-order valence-corrected chi connectivity index (χ0v) is 16.1. The van der Waals surface area contributed by atoms with Gasteiger partial charge in [0.1, 0.15) is 5.75 Å². The number of rotatable bonds is 4. The van der Waals surface area contributed by atoms with Crippen molar-refractivity contribution in [3.05, 3.63) is 51.2 Å². The Balaban J connectivity index is 1.32. The molecule has 0 atom stereocenters. The molecule has 1 aromatic carbocycles. The van der Waals surface area contributed by atoms with Gasteiger partial charge in [-0.25, -0.2) is 0 Å². The van der Waals surface area contributed by atoms with Crippen molar-refractivity contribution >= 4 is 17.2 Å². The number of hydrogen-bond donors (Lipinski definition) is 1. The maximum Gasteiger partial charge on any atom is 0.263 e. The van der Waals surface area contributed by atoms with Crippen molar-refractivity contribution in [2.24, 2.45) is 5.92 Å². The first kappa shape index (κ1) is 17.6. The van der Waals surface area contributed by atoms with Gasteiger partial charge in [0, 0.05) is 31.1 Å². The fourth-order valence-corrected chi connectivity index (χ4v) is 5.10. The highest BCUT2D eigenvalue weighted by Crippen LogP contribution is 2.29. The van der Waals surface area contributed by atoms with Gasteiger partial charge in [-0.3, -0.25) is 4.79 Å². The van der Waals surface area contributed by atoms with Gasteiger partial charge in [0.25, 0.3) is 5.91 Å². The maximum absolute atomic E-state index is 12.9. The molecule has 26 heavy (non-hydrogen) atoms. The second-order valence-electron chi connectivity index (χ2n) is 7.27. The molecule has 1 saturated heterocycles. The first-order chi connectivity index (χ1) is 12.7. The van der Waals surface area contributed by atoms with Crippen LogP contribution in [0.3, 0.4) is 0 Å². The summed E-state index contributed by atoms with van der Waals surface area (Å²) in [5.41, 5.74) is 2.67. The van der Waals surface area contributed by atoms with Gasteiger partial charge in [0.15, 0.2) is 0 Å². The molecule has 3 heterocycles. The van der Waals surface area contributed by atoms with E-state index in [2.05, 4.69) is 28.4 Å². The summed E-state index contributed by atoms with van der Waals surface area (Å²) in [5, 5.41) is 3.38. The topological polar surface area (TPSA) is 41.6 Å². The number of methoxy groups -OCH3 is 1. The molecule has 0 unspecified atom stereocenters. The molecule has 2 aliphatic heterocycles. The monoisotopic (exact) mass is 370 g/mol. The van der Waals surface area contributed by atoms with Crippen LogP contribution in [0.2, 0.25) is 0 Å². The molecular weight excluding hydrogens is 344 g/mol. The van der Waals surface area contributed by atoms with Crippen LogP contribution in [0, 0.1) is 5.92 Å². The number of nitrogens with zero attached hydrogens (tertiary/aromatic N) is 1. The van der Waals surface area contributed by atoms with E-state index in [-0.39, 0.29) is 5.91 Å². The lowest BCUT2D eigenvalue weighted by atomic mass is 9.90. The second kappa shape index (κ2) is 7.80. The number of piperidine rings is 1. The highest BCUT2D eigenvalue weighted by molar-refractivity contribution is 7.14. The number of hydrogen-bond acceptors (Lipinski definition) is 4. The molecule has 5 heteroatoms. The average Bonchev–Trinajstić information content (AvgIpc) is 3.13. The van der Waals surface area contributed by atoms with Gasteiger partial charge >= 0.3 is 0 Å². The van der Waals surface area contributed by atoms with Gasteiger partial charge in [0.05, 0.1) is 12.0 Å². The molecule has 138 valence electrons. The predicted molar refractivity (Wildman–Crippen MR) is 105 cm³/mol. The van der Waals surface area contributed by atoms with Gasteiger partial charge in [-0.05, 0) is 60.9 Å². The van der Waals surface area contributed by atoms with Crippen LogP contribution in [-0.4, -0.2) is 37.6 Å². The minimum absolute atomic E-state index is 0.229. The number of fused-ring (bicyclic) bond motifs is 1. The predicted octanol–water partition coefficient (Wildman–Crippen LogP) is 3.50. The Hall–Kier alpha value is -1.85. The van der Waals surface area contributed by atoms with Crippen molar-refractivity contribution in [2.75, 3.05) is 26.7 Å². The molecule has 1 aromatic heterocycles. The third kappa shape index (κ3) is 3.79. The molecule has 0 radical (unpaired) electrons. The molecule has 1 N–H and O–H groups in total. The van der Waals surface area contributed by atoms with E-state index in [9.17, 15) is 4.79 Å². The van der Waals surface area contributed by atoms with Crippen molar-refractivity contribution in [3.63, 3.8) is 0 Å². The van der Waals surface area contributed by atoms with Crippen molar-refractivity contribution in [3.8, 4) is 5.75 Å². The summed E-state index contributed by atoms with van der Waals surface area (Å²) in [6.45, 7) is 3.68. The van der Waals surface area contributed by atoms with Crippen LogP contribution in [0.1, 0.15) is 38.5 Å². The van der Waals surface area contributed by atoms with E-state index >= 15 is 0 Å². The summed E-state index contributed by atoms with van der Waals surface area (Å²) in [6.07, 6.45) is 4.32. The normalized spacial score (nSPS) is 17.8. The molecule has 0 spiro atoms. The summed E-state index contributed by atoms with van der Waals surface area (Å²) in [5.74, 6) is 1.79. The minimum atomic E-state index is 0.229. The van der Waals surface area contributed by atoms with Gasteiger partial charge in [-0.15, -0.1) is 11.3 Å². The van der Waals surface area contributed by atoms with E-state index < -0.39 is 0 Å². The third-order valence-corrected chi connectivity index (χ3v) is 6.76. The zero-order valence-electron chi connectivity index (χ0n) is 15.3. The highest BCUT2D eigenvalue weighted by Gasteiger charge is 2.26. The van der Waals surface area contributed by atoms with E-state index in [1.807, 2.05) is 12.1 Å². The quantitative estimate of drug-likeness (QED) is 0.896. The van der Waals surface area contributed by atoms with E-state index in [1.54, 1.807) is 18.4 Å². The van der Waals surface area contributed by atoms with E-state index in [1.165, 1.54) is 16.0 Å². The first-order valence-electron chi connectivity index (χ1n) is 9.47. The number of nitrogens with one attached hydrogen (secondary N) is 1. The van der Waals surface area contributed by atoms with Gasteiger partial charge < -0.3 is 15.0 Å². The Morgan fingerprint density at radius 1 is 1.27 bits per heavy atom. The third-order valence-electron chi connectivity index (χ3n) is 5.54. The smallest absolute Gasteiger partial charge is 0.263 e. The largest absolute Gasteiger partial charge is 0.497 e. The highest BCUT2D eigenvalue weighted by atomic mass is 32.1. The minimum Gasteiger partial charge on any atom is -0.497 e. The van der Waals surface area contributed by atoms with Crippen LogP contribution >= 0.6 is 11.3 Å². The van der Waals surface area contributed by atoms with Gasteiger partial charge in [-0.2, -0.15) is 0 Å². The van der Waals surface area contributed by atoms with Crippen molar-refractivity contribution in [2.45, 2.75) is 32.2 Å². The van der Waals surface area contributed by atoms with Crippen LogP contribution < -0.4 is 10.1 Å². The SMILES string of the molecule is COc1ccc(CC2CCN(C(=O)c3cc4c(s3)CCNC4)CC2)cc1. The lowest BCUT2D eigenvalue weighted by Crippen LogP contribution is -2.38. The summed E-state index contributed by atoms with van der Waals surface area (Å²) >= 11 is 1.70. The number of thiophene rings is 1. The molecule has 2 aliphatic rings. The summed E-state index contributed by atoms with van der Waals surface area (Å²) < 4.78 is 5.22. The van der Waals surface area contributed by atoms with E-state index in [4.69, 9.17) is 4.74 Å². The number of benzene rings is 1. The fraction of sp³-hybridized carbons (Fsp3) is 0.476. The molecule has 4 nitrogen and oxygen atoms in total. The van der Waals surface area contributed by atoms with Gasteiger partial charge in [0.2, 0.25) is 0 Å². The standard InChI is InChI=1S/C21H26N2O2S/c1-25-18-4-2-15(3-5-18)12-16-7-10-23(11-8-16)21(24)20-13-17-14-22-9-6-19(17)26-20/h2-5,13,16,22H,6-12,14H2,1H3. The number of carbonyl (C=O) groups excluding carboxylic acids is 1. The summed E-state index contributed by atoms with van der Waals surface area (Å²) in [6, 6.07) is 10.5. The molecule has 0 saturated carbocycles. The number of ether oxygens (including phenoxy) is 1. The molecule has 0 bridgehead atoms. The first-order valence-corrected chi connectivity index (χ1v) is 10.3. The Labute approximate surface area is 159 Å². The van der Waals surface area contributed by atoms with Gasteiger partial charge in [-0.1, -0.05) is 12.1 Å². The summed E-state index contributed by atoms with van der Waals surface area (Å²) in [7, 11) is 1.70. The number of amides is 1. The second-order valence-corrected chi connectivity index (χ2v) is 8.41. The Bertz CT molecular complexity index is 737. The lowest BCUT2D eigenvalue weighted by Gasteiger charge is -2.31. The molecule has 2 aromatic rings. The molecule has 1 fully saturated rings. The molecule has 0 aliphatic carbocycles. The van der Waals surface area contributed by atoms with Crippen LogP contribution in [0.15, 0.2) is 30.3 Å². The van der Waals surface area contributed by atoms with Crippen molar-refractivity contribution in [1.29, 1.82) is 0 Å². The average molecular weight is 371 g/mol. The number of carbonyl (C=O) groups is 1. The van der Waals surface area contributed by atoms with Crippen molar-refractivity contribution in [1.82, 2.24) is 10.2 Å². The molecular formula is C21H26N2O2S. The van der Waals surface area contributed by atoms with Crippen LogP contribution in [0.5, 0.6) is 5.75 Å². The Kier molecular flexibility index (Phi) is 5.27. The number of likely N-dealkylation sites (tertiary alicyclic amines) is 1. The molecule has 1 amide bonds. The zero-order chi connectivity index (χ0) is 17.9. The molecule has 4 rings (SSSR count). The van der Waals surface area contributed by atoms with E-state index in [0.717, 1.165) is 62.5 Å². The van der Waals surface area contributed by atoms with E-state index in [0.29, 0.717) is 5.92 Å². The Morgan fingerprint density at radius 3 is 2.73 bits per heavy atom. The fourth-order valence-electron chi connectivity index (χ4n) is 3.95. The van der Waals surface area contributed by atoms with Crippen LogP contribution in [-0.2, 0) is 19.4 Å². The van der Waals surface area contributed by atoms with Crippen LogP contribution in [0.4, 0.5) is 0 Å². The lowest BCUT2D eigenvalue weighted by molar-refractivity contribution is 0.0695. The van der Waals surface area contributed by atoms with Crippen LogP contribution in [0.25, 0.3) is 0 Å². The van der Waals surface area contributed by atoms with Crippen molar-refractivity contribution < 1.29 is 9.53 Å². The maximum atomic E-state index is 12.9.